The fourth-order valence-electron chi connectivity index (χ4n) is 2.05. The van der Waals surface area contributed by atoms with Crippen LogP contribution in [0.3, 0.4) is 0 Å². The topological polar surface area (TPSA) is 112 Å². The molecule has 2 unspecified atom stereocenters. The molecule has 8 nitrogen and oxygen atoms in total. The zero-order valence-corrected chi connectivity index (χ0v) is 16.6. The number of ether oxygens (including phenoxy) is 3. The van der Waals surface area contributed by atoms with Gasteiger partial charge in [-0.3, -0.25) is 9.59 Å². The van der Waals surface area contributed by atoms with Crippen molar-refractivity contribution >= 4 is 18.0 Å². The van der Waals surface area contributed by atoms with Crippen LogP contribution < -0.4 is 21.1 Å². The fourth-order valence-corrected chi connectivity index (χ4v) is 2.05. The molecular weight excluding hydrogens is 362 g/mol. The van der Waals surface area contributed by atoms with Gasteiger partial charge in [0.2, 0.25) is 12.3 Å². The van der Waals surface area contributed by atoms with Crippen molar-refractivity contribution in [2.75, 3.05) is 38.3 Å². The molecule has 2 atom stereocenters. The Morgan fingerprint density at radius 3 is 2.89 bits per heavy atom. The van der Waals surface area contributed by atoms with Gasteiger partial charge in [-0.15, -0.1) is 0 Å². The van der Waals surface area contributed by atoms with Gasteiger partial charge in [0.05, 0.1) is 13.2 Å². The molecule has 1 aromatic rings. The number of nitrogens with one attached hydrogen (secondary N) is 2. The minimum Gasteiger partial charge on any atom is -0.489 e. The Labute approximate surface area is 166 Å². The quantitative estimate of drug-likeness (QED) is 0.181. The second kappa shape index (κ2) is 14.6. The van der Waals surface area contributed by atoms with Crippen LogP contribution in [0.25, 0.3) is 0 Å². The number of allylic oxidation sites excluding steroid dienone is 1. The van der Waals surface area contributed by atoms with Crippen LogP contribution in [0, 0.1) is 5.92 Å². The lowest BCUT2D eigenvalue weighted by Gasteiger charge is -2.14. The van der Waals surface area contributed by atoms with E-state index in [1.54, 1.807) is 24.3 Å². The summed E-state index contributed by atoms with van der Waals surface area (Å²) in [6.07, 6.45) is 5.06. The Morgan fingerprint density at radius 2 is 2.14 bits per heavy atom. The molecule has 0 aromatic heterocycles. The van der Waals surface area contributed by atoms with E-state index in [4.69, 9.17) is 19.9 Å². The van der Waals surface area contributed by atoms with Gasteiger partial charge < -0.3 is 30.6 Å². The highest BCUT2D eigenvalue weighted by Gasteiger charge is 2.05. The predicted molar refractivity (Wildman–Crippen MR) is 108 cm³/mol. The molecule has 2 amide bonds. The van der Waals surface area contributed by atoms with Crippen molar-refractivity contribution in [1.29, 1.82) is 0 Å². The van der Waals surface area contributed by atoms with Crippen LogP contribution in [-0.2, 0) is 19.1 Å². The zero-order valence-electron chi connectivity index (χ0n) is 16.6. The largest absolute Gasteiger partial charge is 0.489 e. The molecule has 0 aliphatic carbocycles. The number of carbonyl (C=O) groups is 2. The summed E-state index contributed by atoms with van der Waals surface area (Å²) in [7, 11) is 0. The number of anilines is 1. The molecule has 156 valence electrons. The smallest absolute Gasteiger partial charge is 0.246 e. The maximum Gasteiger partial charge on any atom is 0.246 e. The van der Waals surface area contributed by atoms with E-state index in [2.05, 4.69) is 30.6 Å². The van der Waals surface area contributed by atoms with E-state index in [-0.39, 0.29) is 32.3 Å². The van der Waals surface area contributed by atoms with Gasteiger partial charge in [-0.05, 0) is 18.1 Å². The third kappa shape index (κ3) is 11.3. The molecule has 0 saturated carbocycles. The Morgan fingerprint density at radius 1 is 1.32 bits per heavy atom. The lowest BCUT2D eigenvalue weighted by Crippen LogP contribution is -2.33. The van der Waals surface area contributed by atoms with Crippen molar-refractivity contribution in [2.24, 2.45) is 11.7 Å². The summed E-state index contributed by atoms with van der Waals surface area (Å²) in [6, 6.07) is 6.93. The molecular formula is C20H31N3O5. The summed E-state index contributed by atoms with van der Waals surface area (Å²) >= 11 is 0. The number of rotatable bonds is 15. The van der Waals surface area contributed by atoms with Gasteiger partial charge in [0.1, 0.15) is 25.2 Å². The molecule has 28 heavy (non-hydrogen) atoms. The molecule has 0 heterocycles. The Balaban J connectivity index is 2.08. The first-order valence-corrected chi connectivity index (χ1v) is 9.36. The molecule has 0 bridgehead atoms. The van der Waals surface area contributed by atoms with Crippen molar-refractivity contribution in [2.45, 2.75) is 26.5 Å². The van der Waals surface area contributed by atoms with Gasteiger partial charge in [-0.1, -0.05) is 38.5 Å². The Bertz CT molecular complexity index is 609. The van der Waals surface area contributed by atoms with E-state index in [0.717, 1.165) is 6.42 Å². The molecule has 1 aromatic carbocycles. The highest BCUT2D eigenvalue weighted by atomic mass is 16.6. The summed E-state index contributed by atoms with van der Waals surface area (Å²) in [5, 5.41) is 5.29. The normalized spacial score (nSPS) is 13.1. The van der Waals surface area contributed by atoms with E-state index in [0.29, 0.717) is 30.3 Å². The van der Waals surface area contributed by atoms with Crippen molar-refractivity contribution in [3.8, 4) is 5.75 Å². The SMILES string of the molecule is CCC(C)/C=C/CNC(=O)COCCOC(N)COc1cccc(NC=O)c1. The van der Waals surface area contributed by atoms with Gasteiger partial charge >= 0.3 is 0 Å². The first-order valence-electron chi connectivity index (χ1n) is 9.36. The van der Waals surface area contributed by atoms with Gasteiger partial charge in [0.25, 0.3) is 0 Å². The molecule has 0 radical (unpaired) electrons. The summed E-state index contributed by atoms with van der Waals surface area (Å²) in [5.74, 6) is 0.905. The van der Waals surface area contributed by atoms with Crippen LogP contribution in [0.5, 0.6) is 5.75 Å². The predicted octanol–water partition coefficient (Wildman–Crippen LogP) is 1.67. The first kappa shape index (κ1) is 23.6. The zero-order chi connectivity index (χ0) is 20.6. The standard InChI is InChI=1S/C20H31N3O5/c1-3-16(2)6-5-9-22-20(25)14-26-10-11-27-19(21)13-28-18-8-4-7-17(12-18)23-15-24/h4-8,12,15-16,19H,3,9-11,13-14,21H2,1-2H3,(H,22,25)(H,23,24)/b6-5+. The number of amides is 2. The van der Waals surface area contributed by atoms with Crippen LogP contribution in [0.4, 0.5) is 5.69 Å². The van der Waals surface area contributed by atoms with Crippen LogP contribution in [-0.4, -0.2) is 51.5 Å². The van der Waals surface area contributed by atoms with Gasteiger partial charge in [-0.2, -0.15) is 0 Å². The Hall–Kier alpha value is -2.42. The van der Waals surface area contributed by atoms with Crippen molar-refractivity contribution < 1.29 is 23.8 Å². The van der Waals surface area contributed by atoms with Gasteiger partial charge in [0, 0.05) is 18.3 Å². The number of hydrogen-bond donors (Lipinski definition) is 3. The van der Waals surface area contributed by atoms with E-state index < -0.39 is 6.23 Å². The number of nitrogens with two attached hydrogens (primary N) is 1. The third-order valence-corrected chi connectivity index (χ3v) is 3.79. The number of carbonyl (C=O) groups excluding carboxylic acids is 2. The molecule has 0 aliphatic rings. The average Bonchev–Trinajstić information content (AvgIpc) is 2.69. The third-order valence-electron chi connectivity index (χ3n) is 3.79. The fraction of sp³-hybridized carbons (Fsp3) is 0.500. The average molecular weight is 393 g/mol. The molecule has 0 spiro atoms. The minimum atomic E-state index is -0.634. The maximum atomic E-state index is 11.6. The minimum absolute atomic E-state index is 0.0250. The lowest BCUT2D eigenvalue weighted by atomic mass is 10.1. The van der Waals surface area contributed by atoms with Crippen LogP contribution >= 0.6 is 0 Å². The molecule has 0 fully saturated rings. The highest BCUT2D eigenvalue weighted by Crippen LogP contribution is 2.16. The van der Waals surface area contributed by atoms with E-state index >= 15 is 0 Å². The summed E-state index contributed by atoms with van der Waals surface area (Å²) in [5.41, 5.74) is 6.44. The van der Waals surface area contributed by atoms with Crippen molar-refractivity contribution in [3.05, 3.63) is 36.4 Å². The first-order chi connectivity index (χ1) is 13.5. The second-order valence-corrected chi connectivity index (χ2v) is 6.18. The molecule has 1 rings (SSSR count). The van der Waals surface area contributed by atoms with Crippen LogP contribution in [0.15, 0.2) is 36.4 Å². The van der Waals surface area contributed by atoms with Crippen molar-refractivity contribution in [1.82, 2.24) is 5.32 Å². The number of benzene rings is 1. The Kier molecular flexibility index (Phi) is 12.3. The number of hydrogen-bond acceptors (Lipinski definition) is 6. The van der Waals surface area contributed by atoms with Crippen molar-refractivity contribution in [3.63, 3.8) is 0 Å². The molecule has 8 heteroatoms. The lowest BCUT2D eigenvalue weighted by molar-refractivity contribution is -0.126. The monoisotopic (exact) mass is 393 g/mol. The van der Waals surface area contributed by atoms with Crippen LogP contribution in [0.1, 0.15) is 20.3 Å². The second-order valence-electron chi connectivity index (χ2n) is 6.18. The molecule has 4 N–H and O–H groups in total. The van der Waals surface area contributed by atoms with Gasteiger partial charge in [-0.25, -0.2) is 0 Å². The molecule has 0 saturated heterocycles. The maximum absolute atomic E-state index is 11.6. The van der Waals surface area contributed by atoms with Crippen LogP contribution in [0.2, 0.25) is 0 Å². The van der Waals surface area contributed by atoms with E-state index in [9.17, 15) is 9.59 Å². The summed E-state index contributed by atoms with van der Waals surface area (Å²) in [6.45, 7) is 5.36. The van der Waals surface area contributed by atoms with E-state index in [1.165, 1.54) is 0 Å². The van der Waals surface area contributed by atoms with E-state index in [1.807, 2.05) is 6.08 Å². The highest BCUT2D eigenvalue weighted by molar-refractivity contribution is 5.77. The molecule has 0 aliphatic heterocycles. The van der Waals surface area contributed by atoms with Gasteiger partial charge in [0.15, 0.2) is 0 Å². The summed E-state index contributed by atoms with van der Waals surface area (Å²) < 4.78 is 16.1. The summed E-state index contributed by atoms with van der Waals surface area (Å²) in [4.78, 5) is 22.0.